The molecule has 1 aliphatic carbocycles. The third-order valence-electron chi connectivity index (χ3n) is 4.62. The van der Waals surface area contributed by atoms with E-state index in [2.05, 4.69) is 6.58 Å². The minimum absolute atomic E-state index is 0.135. The Morgan fingerprint density at radius 2 is 2.08 bits per heavy atom. The molecule has 1 fully saturated rings. The maximum atomic E-state index is 13.1. The van der Waals surface area contributed by atoms with E-state index in [1.54, 1.807) is 11.3 Å². The maximum absolute atomic E-state index is 13.1. The molecule has 0 unspecified atom stereocenters. The van der Waals surface area contributed by atoms with E-state index in [0.717, 1.165) is 33.9 Å². The molecule has 3 nitrogen and oxygen atoms in total. The normalized spacial score (nSPS) is 14.4. The summed E-state index contributed by atoms with van der Waals surface area (Å²) >= 11 is 7.35. The minimum Gasteiger partial charge on any atom is -0.488 e. The minimum atomic E-state index is 0.135. The molecule has 1 aromatic heterocycles. The number of ether oxygens (including phenoxy) is 1. The van der Waals surface area contributed by atoms with Crippen molar-refractivity contribution in [2.75, 3.05) is 6.61 Å². The van der Waals surface area contributed by atoms with Crippen LogP contribution in [-0.2, 0) is 6.54 Å². The number of carbonyl (C=O) groups is 1. The highest BCUT2D eigenvalue weighted by atomic mass is 35.5. The number of benzene rings is 1. The smallest absolute Gasteiger partial charge is 0.264 e. The van der Waals surface area contributed by atoms with Crippen molar-refractivity contribution >= 4 is 28.8 Å². The standard InChI is InChI=1S/C21H24ClNO2S/c1-15(22)14-25-19-9-5-6-17(12-19)13-23(18-7-3-4-8-18)21(24)20-11-10-16(2)26-20/h5-6,9-12,18H,1,3-4,7-8,13-14H2,2H3. The molecule has 0 N–H and O–H groups in total. The second-order valence-corrected chi connectivity index (χ2v) is 8.56. The Labute approximate surface area is 164 Å². The molecular formula is C21H24ClNO2S. The molecule has 1 aliphatic rings. The van der Waals surface area contributed by atoms with E-state index in [1.165, 1.54) is 12.8 Å². The number of amides is 1. The van der Waals surface area contributed by atoms with E-state index in [-0.39, 0.29) is 12.5 Å². The van der Waals surface area contributed by atoms with Crippen molar-refractivity contribution < 1.29 is 9.53 Å². The van der Waals surface area contributed by atoms with Gasteiger partial charge in [-0.25, -0.2) is 0 Å². The van der Waals surface area contributed by atoms with Crippen molar-refractivity contribution in [1.29, 1.82) is 0 Å². The van der Waals surface area contributed by atoms with Gasteiger partial charge < -0.3 is 9.64 Å². The van der Waals surface area contributed by atoms with E-state index >= 15 is 0 Å². The Kier molecular flexibility index (Phi) is 6.38. The Morgan fingerprint density at radius 1 is 1.31 bits per heavy atom. The molecular weight excluding hydrogens is 366 g/mol. The van der Waals surface area contributed by atoms with Gasteiger partial charge in [-0.2, -0.15) is 0 Å². The summed E-state index contributed by atoms with van der Waals surface area (Å²) in [4.78, 5) is 17.1. The lowest BCUT2D eigenvalue weighted by Gasteiger charge is -2.29. The van der Waals surface area contributed by atoms with Crippen LogP contribution in [0.15, 0.2) is 48.0 Å². The molecule has 1 amide bonds. The first kappa shape index (κ1) is 19.0. The monoisotopic (exact) mass is 389 g/mol. The molecule has 2 aromatic rings. The Hall–Kier alpha value is -1.78. The van der Waals surface area contributed by atoms with Gasteiger partial charge in [-0.05, 0) is 49.6 Å². The summed E-state index contributed by atoms with van der Waals surface area (Å²) in [6.45, 7) is 6.55. The molecule has 1 saturated carbocycles. The number of rotatable bonds is 7. The predicted molar refractivity (Wildman–Crippen MR) is 108 cm³/mol. The van der Waals surface area contributed by atoms with Crippen LogP contribution in [0, 0.1) is 6.92 Å². The van der Waals surface area contributed by atoms with Crippen molar-refractivity contribution in [1.82, 2.24) is 4.90 Å². The highest BCUT2D eigenvalue weighted by Gasteiger charge is 2.28. The number of carbonyl (C=O) groups excluding carboxylic acids is 1. The fourth-order valence-corrected chi connectivity index (χ4v) is 4.24. The lowest BCUT2D eigenvalue weighted by Crippen LogP contribution is -2.37. The fourth-order valence-electron chi connectivity index (χ4n) is 3.37. The number of halogens is 1. The zero-order chi connectivity index (χ0) is 18.5. The molecule has 0 bridgehead atoms. The molecule has 5 heteroatoms. The second kappa shape index (κ2) is 8.74. The Balaban J connectivity index is 1.78. The molecule has 0 spiro atoms. The van der Waals surface area contributed by atoms with Crippen LogP contribution in [0.3, 0.4) is 0 Å². The summed E-state index contributed by atoms with van der Waals surface area (Å²) in [5.74, 6) is 0.880. The zero-order valence-corrected chi connectivity index (χ0v) is 16.6. The van der Waals surface area contributed by atoms with Gasteiger partial charge in [0.05, 0.1) is 4.88 Å². The van der Waals surface area contributed by atoms with Crippen molar-refractivity contribution in [3.05, 3.63) is 63.3 Å². The molecule has 0 aliphatic heterocycles. The lowest BCUT2D eigenvalue weighted by molar-refractivity contribution is 0.0669. The van der Waals surface area contributed by atoms with E-state index in [0.29, 0.717) is 17.6 Å². The molecule has 3 rings (SSSR count). The first-order chi connectivity index (χ1) is 12.5. The molecule has 1 aromatic carbocycles. The van der Waals surface area contributed by atoms with Crippen molar-refractivity contribution in [3.63, 3.8) is 0 Å². The molecule has 1 heterocycles. The number of thiophene rings is 1. The highest BCUT2D eigenvalue weighted by Crippen LogP contribution is 2.29. The second-order valence-electron chi connectivity index (χ2n) is 6.73. The number of aryl methyl sites for hydroxylation is 1. The van der Waals surface area contributed by atoms with Gasteiger partial charge in [-0.15, -0.1) is 11.3 Å². The van der Waals surface area contributed by atoms with Gasteiger partial charge in [-0.1, -0.05) is 43.2 Å². The van der Waals surface area contributed by atoms with Crippen molar-refractivity contribution in [2.45, 2.75) is 45.2 Å². The molecule has 0 atom stereocenters. The average Bonchev–Trinajstić information content (AvgIpc) is 3.29. The van der Waals surface area contributed by atoms with Crippen LogP contribution >= 0.6 is 22.9 Å². The van der Waals surface area contributed by atoms with Gasteiger partial charge in [0.2, 0.25) is 0 Å². The topological polar surface area (TPSA) is 29.5 Å². The molecule has 26 heavy (non-hydrogen) atoms. The SMILES string of the molecule is C=C(Cl)COc1cccc(CN(C(=O)c2ccc(C)s2)C2CCCC2)c1. The van der Waals surface area contributed by atoms with Gasteiger partial charge in [-0.3, -0.25) is 4.79 Å². The van der Waals surface area contributed by atoms with Crippen molar-refractivity contribution in [3.8, 4) is 5.75 Å². The van der Waals surface area contributed by atoms with Crippen LogP contribution in [0.5, 0.6) is 5.75 Å². The first-order valence-electron chi connectivity index (χ1n) is 8.95. The first-order valence-corrected chi connectivity index (χ1v) is 10.1. The van der Waals surface area contributed by atoms with E-state index < -0.39 is 0 Å². The number of nitrogens with zero attached hydrogens (tertiary/aromatic N) is 1. The summed E-state index contributed by atoms with van der Waals surface area (Å²) in [5.41, 5.74) is 1.07. The van der Waals surface area contributed by atoms with Crippen LogP contribution in [0.1, 0.15) is 45.8 Å². The van der Waals surface area contributed by atoms with E-state index in [9.17, 15) is 4.79 Å². The maximum Gasteiger partial charge on any atom is 0.264 e. The summed E-state index contributed by atoms with van der Waals surface area (Å²) in [6.07, 6.45) is 4.55. The van der Waals surface area contributed by atoms with E-state index in [4.69, 9.17) is 16.3 Å². The van der Waals surface area contributed by atoms with Crippen LogP contribution in [0.4, 0.5) is 0 Å². The number of hydrogen-bond acceptors (Lipinski definition) is 3. The average molecular weight is 390 g/mol. The third kappa shape index (κ3) is 4.89. The van der Waals surface area contributed by atoms with Crippen LogP contribution in [0.2, 0.25) is 0 Å². The van der Waals surface area contributed by atoms with Gasteiger partial charge in [0.25, 0.3) is 5.91 Å². The molecule has 0 radical (unpaired) electrons. The third-order valence-corrected chi connectivity index (χ3v) is 5.72. The molecule has 138 valence electrons. The highest BCUT2D eigenvalue weighted by molar-refractivity contribution is 7.13. The summed E-state index contributed by atoms with van der Waals surface area (Å²) in [5, 5.41) is 0.464. The quantitative estimate of drug-likeness (QED) is 0.601. The van der Waals surface area contributed by atoms with Crippen LogP contribution in [-0.4, -0.2) is 23.5 Å². The van der Waals surface area contributed by atoms with Crippen molar-refractivity contribution in [2.24, 2.45) is 0 Å². The fraction of sp³-hybridized carbons (Fsp3) is 0.381. The van der Waals surface area contributed by atoms with E-state index in [1.807, 2.05) is 48.2 Å². The van der Waals surface area contributed by atoms with Gasteiger partial charge >= 0.3 is 0 Å². The van der Waals surface area contributed by atoms with Crippen LogP contribution < -0.4 is 4.74 Å². The summed E-state index contributed by atoms with van der Waals surface area (Å²) in [7, 11) is 0. The Bertz CT molecular complexity index is 780. The summed E-state index contributed by atoms with van der Waals surface area (Å²) < 4.78 is 5.63. The largest absolute Gasteiger partial charge is 0.488 e. The summed E-state index contributed by atoms with van der Waals surface area (Å²) in [6, 6.07) is 12.1. The van der Waals surface area contributed by atoms with Gasteiger partial charge in [0, 0.05) is 22.5 Å². The van der Waals surface area contributed by atoms with Gasteiger partial charge in [0.15, 0.2) is 0 Å². The lowest BCUT2D eigenvalue weighted by atomic mass is 10.1. The van der Waals surface area contributed by atoms with Crippen LogP contribution in [0.25, 0.3) is 0 Å². The van der Waals surface area contributed by atoms with Gasteiger partial charge in [0.1, 0.15) is 12.4 Å². The molecule has 0 saturated heterocycles. The predicted octanol–water partition coefficient (Wildman–Crippen LogP) is 5.77. The number of hydrogen-bond donors (Lipinski definition) is 0. The Morgan fingerprint density at radius 3 is 2.73 bits per heavy atom. The zero-order valence-electron chi connectivity index (χ0n) is 15.0.